The number of nitrogens with zero attached hydrogens (tertiary/aromatic N) is 2. The molecule has 0 atom stereocenters. The first-order valence-corrected chi connectivity index (χ1v) is 5.80. The van der Waals surface area contributed by atoms with Crippen molar-refractivity contribution in [2.45, 2.75) is 57.5 Å². The molecule has 0 aromatic carbocycles. The second-order valence-corrected chi connectivity index (χ2v) is 4.30. The van der Waals surface area contributed by atoms with Crippen molar-refractivity contribution in [3.05, 3.63) is 11.7 Å². The maximum absolute atomic E-state index is 9.40. The summed E-state index contributed by atoms with van der Waals surface area (Å²) in [5.41, 5.74) is 0. The van der Waals surface area contributed by atoms with E-state index in [1.807, 2.05) is 0 Å². The fourth-order valence-electron chi connectivity index (χ4n) is 2.08. The van der Waals surface area contributed by atoms with Gasteiger partial charge in [-0.25, -0.2) is 0 Å². The van der Waals surface area contributed by atoms with Crippen LogP contribution in [0.2, 0.25) is 0 Å². The predicted octanol–water partition coefficient (Wildman–Crippen LogP) is 2.04. The molecule has 1 saturated carbocycles. The minimum atomic E-state index is -0.126. The van der Waals surface area contributed by atoms with Gasteiger partial charge in [-0.2, -0.15) is 4.98 Å². The van der Waals surface area contributed by atoms with Gasteiger partial charge in [-0.15, -0.1) is 0 Å². The largest absolute Gasteiger partial charge is 0.393 e. The molecule has 1 aliphatic rings. The van der Waals surface area contributed by atoms with Crippen LogP contribution in [0.15, 0.2) is 4.52 Å². The molecule has 1 heterocycles. The first-order valence-electron chi connectivity index (χ1n) is 5.80. The standard InChI is InChI=1S/C11H18N2O2/c1-2-3-10-12-11(15-13-10)8-4-6-9(14)7-5-8/h8-9,14H,2-7H2,1H3. The van der Waals surface area contributed by atoms with Gasteiger partial charge in [0.2, 0.25) is 5.89 Å². The molecule has 0 saturated heterocycles. The van der Waals surface area contributed by atoms with E-state index in [0.717, 1.165) is 50.2 Å². The smallest absolute Gasteiger partial charge is 0.229 e. The van der Waals surface area contributed by atoms with E-state index in [9.17, 15) is 5.11 Å². The Labute approximate surface area is 89.7 Å². The summed E-state index contributed by atoms with van der Waals surface area (Å²) in [6, 6.07) is 0. The third-order valence-electron chi connectivity index (χ3n) is 3.00. The zero-order chi connectivity index (χ0) is 10.7. The minimum absolute atomic E-state index is 0.126. The Bertz CT molecular complexity index is 303. The van der Waals surface area contributed by atoms with Crippen LogP contribution in [-0.4, -0.2) is 21.4 Å². The molecule has 1 N–H and O–H groups in total. The monoisotopic (exact) mass is 210 g/mol. The Morgan fingerprint density at radius 3 is 2.73 bits per heavy atom. The van der Waals surface area contributed by atoms with Crippen LogP contribution in [0.1, 0.15) is 56.7 Å². The molecule has 84 valence electrons. The van der Waals surface area contributed by atoms with Gasteiger partial charge in [0.05, 0.1) is 6.10 Å². The summed E-state index contributed by atoms with van der Waals surface area (Å²) in [6.07, 6.45) is 5.46. The van der Waals surface area contributed by atoms with Crippen molar-refractivity contribution in [2.75, 3.05) is 0 Å². The summed E-state index contributed by atoms with van der Waals surface area (Å²) < 4.78 is 5.25. The first kappa shape index (κ1) is 10.6. The molecule has 0 bridgehead atoms. The third-order valence-corrected chi connectivity index (χ3v) is 3.00. The number of rotatable bonds is 3. The molecule has 0 unspecified atom stereocenters. The van der Waals surface area contributed by atoms with Gasteiger partial charge in [0, 0.05) is 12.3 Å². The normalized spacial score (nSPS) is 26.8. The summed E-state index contributed by atoms with van der Waals surface area (Å²) in [5, 5.41) is 13.3. The maximum atomic E-state index is 9.40. The Hall–Kier alpha value is -0.900. The topological polar surface area (TPSA) is 59.2 Å². The van der Waals surface area contributed by atoms with E-state index in [1.165, 1.54) is 0 Å². The second kappa shape index (κ2) is 4.75. The zero-order valence-electron chi connectivity index (χ0n) is 9.15. The van der Waals surface area contributed by atoms with Crippen molar-refractivity contribution < 1.29 is 9.63 Å². The van der Waals surface area contributed by atoms with Crippen LogP contribution in [0.3, 0.4) is 0 Å². The predicted molar refractivity (Wildman–Crippen MR) is 55.5 cm³/mol. The molecule has 4 heteroatoms. The van der Waals surface area contributed by atoms with Gasteiger partial charge in [0.25, 0.3) is 0 Å². The number of aliphatic hydroxyl groups excluding tert-OH is 1. The molecule has 1 aromatic heterocycles. The van der Waals surface area contributed by atoms with E-state index >= 15 is 0 Å². The summed E-state index contributed by atoms with van der Waals surface area (Å²) in [6.45, 7) is 2.10. The van der Waals surface area contributed by atoms with Crippen molar-refractivity contribution >= 4 is 0 Å². The summed E-state index contributed by atoms with van der Waals surface area (Å²) in [4.78, 5) is 4.39. The highest BCUT2D eigenvalue weighted by Crippen LogP contribution is 2.31. The molecule has 15 heavy (non-hydrogen) atoms. The molecule has 1 aromatic rings. The lowest BCUT2D eigenvalue weighted by Crippen LogP contribution is -2.17. The van der Waals surface area contributed by atoms with Crippen LogP contribution in [0.5, 0.6) is 0 Å². The van der Waals surface area contributed by atoms with E-state index < -0.39 is 0 Å². The zero-order valence-corrected chi connectivity index (χ0v) is 9.15. The highest BCUT2D eigenvalue weighted by Gasteiger charge is 2.25. The molecule has 1 fully saturated rings. The van der Waals surface area contributed by atoms with E-state index in [0.29, 0.717) is 5.92 Å². The Morgan fingerprint density at radius 2 is 2.07 bits per heavy atom. The average Bonchev–Trinajstić information content (AvgIpc) is 2.68. The number of aliphatic hydroxyl groups is 1. The van der Waals surface area contributed by atoms with Gasteiger partial charge in [0.15, 0.2) is 5.82 Å². The van der Waals surface area contributed by atoms with Crippen molar-refractivity contribution in [1.82, 2.24) is 10.1 Å². The molecule has 0 radical (unpaired) electrons. The summed E-state index contributed by atoms with van der Waals surface area (Å²) >= 11 is 0. The van der Waals surface area contributed by atoms with Gasteiger partial charge in [0.1, 0.15) is 0 Å². The molecule has 0 aliphatic heterocycles. The van der Waals surface area contributed by atoms with E-state index in [4.69, 9.17) is 4.52 Å². The lowest BCUT2D eigenvalue weighted by atomic mass is 9.87. The van der Waals surface area contributed by atoms with Crippen LogP contribution in [0, 0.1) is 0 Å². The maximum Gasteiger partial charge on any atom is 0.229 e. The number of hydrogen-bond donors (Lipinski definition) is 1. The SMILES string of the molecule is CCCc1noc(C2CCC(O)CC2)n1. The number of hydrogen-bond acceptors (Lipinski definition) is 4. The molecular formula is C11H18N2O2. The van der Waals surface area contributed by atoms with Crippen LogP contribution in [0.4, 0.5) is 0 Å². The second-order valence-electron chi connectivity index (χ2n) is 4.30. The molecule has 0 spiro atoms. The van der Waals surface area contributed by atoms with Gasteiger partial charge in [-0.3, -0.25) is 0 Å². The van der Waals surface area contributed by atoms with Gasteiger partial charge in [-0.1, -0.05) is 12.1 Å². The van der Waals surface area contributed by atoms with Gasteiger partial charge < -0.3 is 9.63 Å². The van der Waals surface area contributed by atoms with Crippen molar-refractivity contribution in [3.8, 4) is 0 Å². The van der Waals surface area contributed by atoms with Crippen LogP contribution in [-0.2, 0) is 6.42 Å². The molecule has 1 aliphatic carbocycles. The summed E-state index contributed by atoms with van der Waals surface area (Å²) in [7, 11) is 0. The van der Waals surface area contributed by atoms with Crippen molar-refractivity contribution in [3.63, 3.8) is 0 Å². The Kier molecular flexibility index (Phi) is 3.36. The third kappa shape index (κ3) is 2.56. The van der Waals surface area contributed by atoms with E-state index in [1.54, 1.807) is 0 Å². The van der Waals surface area contributed by atoms with Crippen molar-refractivity contribution in [2.24, 2.45) is 0 Å². The molecule has 0 amide bonds. The fraction of sp³-hybridized carbons (Fsp3) is 0.818. The first-order chi connectivity index (χ1) is 7.29. The highest BCUT2D eigenvalue weighted by atomic mass is 16.5. The number of aromatic nitrogens is 2. The molecule has 4 nitrogen and oxygen atoms in total. The highest BCUT2D eigenvalue weighted by molar-refractivity contribution is 4.96. The van der Waals surface area contributed by atoms with Crippen LogP contribution >= 0.6 is 0 Å². The van der Waals surface area contributed by atoms with Crippen molar-refractivity contribution in [1.29, 1.82) is 0 Å². The van der Waals surface area contributed by atoms with Crippen LogP contribution < -0.4 is 0 Å². The quantitative estimate of drug-likeness (QED) is 0.829. The molecule has 2 rings (SSSR count). The Balaban J connectivity index is 1.96. The van der Waals surface area contributed by atoms with Gasteiger partial charge >= 0.3 is 0 Å². The van der Waals surface area contributed by atoms with E-state index in [-0.39, 0.29) is 6.10 Å². The number of aryl methyl sites for hydroxylation is 1. The van der Waals surface area contributed by atoms with E-state index in [2.05, 4.69) is 17.1 Å². The average molecular weight is 210 g/mol. The molecular weight excluding hydrogens is 192 g/mol. The van der Waals surface area contributed by atoms with Gasteiger partial charge in [-0.05, 0) is 32.1 Å². The fourth-order valence-corrected chi connectivity index (χ4v) is 2.08. The van der Waals surface area contributed by atoms with Crippen LogP contribution in [0.25, 0.3) is 0 Å². The lowest BCUT2D eigenvalue weighted by Gasteiger charge is -2.22. The lowest BCUT2D eigenvalue weighted by molar-refractivity contribution is 0.116. The minimum Gasteiger partial charge on any atom is -0.393 e. The summed E-state index contributed by atoms with van der Waals surface area (Å²) in [5.74, 6) is 1.95. The Morgan fingerprint density at radius 1 is 1.33 bits per heavy atom.